The van der Waals surface area contributed by atoms with Gasteiger partial charge >= 0.3 is 5.97 Å². The first kappa shape index (κ1) is 15.5. The average molecular weight is 297 g/mol. The lowest BCUT2D eigenvalue weighted by atomic mass is 10.1. The number of rotatable bonds is 6. The monoisotopic (exact) mass is 297 g/mol. The molecule has 1 saturated heterocycles. The van der Waals surface area contributed by atoms with Gasteiger partial charge in [-0.15, -0.1) is 11.3 Å². The van der Waals surface area contributed by atoms with Gasteiger partial charge in [-0.2, -0.15) is 0 Å². The largest absolute Gasteiger partial charge is 0.465 e. The Balaban J connectivity index is 2.07. The van der Waals surface area contributed by atoms with Gasteiger partial charge in [-0.3, -0.25) is 5.32 Å². The van der Waals surface area contributed by atoms with E-state index in [-0.39, 0.29) is 18.1 Å². The van der Waals surface area contributed by atoms with Crippen molar-refractivity contribution in [3.63, 3.8) is 0 Å². The number of carbonyl (C=O) groups is 1. The SMILES string of the molecule is CCOC(=O)C(NCC1CCCO1)c1cc(C)sc1C. The molecule has 0 radical (unpaired) electrons. The highest BCUT2D eigenvalue weighted by molar-refractivity contribution is 7.12. The van der Waals surface area contributed by atoms with Crippen LogP contribution in [0.5, 0.6) is 0 Å². The van der Waals surface area contributed by atoms with E-state index in [2.05, 4.69) is 18.3 Å². The predicted molar refractivity (Wildman–Crippen MR) is 80.1 cm³/mol. The molecular formula is C15H23NO3S. The fourth-order valence-electron chi connectivity index (χ4n) is 2.54. The van der Waals surface area contributed by atoms with E-state index in [4.69, 9.17) is 9.47 Å². The molecule has 0 aromatic carbocycles. The molecule has 1 N–H and O–H groups in total. The van der Waals surface area contributed by atoms with Gasteiger partial charge in [0, 0.05) is 22.9 Å². The smallest absolute Gasteiger partial charge is 0.327 e. The molecule has 1 aliphatic rings. The van der Waals surface area contributed by atoms with Crippen LogP contribution in [0, 0.1) is 13.8 Å². The third-order valence-electron chi connectivity index (χ3n) is 3.49. The molecule has 20 heavy (non-hydrogen) atoms. The number of nitrogens with one attached hydrogen (secondary N) is 1. The van der Waals surface area contributed by atoms with Crippen LogP contribution in [0.4, 0.5) is 0 Å². The van der Waals surface area contributed by atoms with E-state index < -0.39 is 0 Å². The molecular weight excluding hydrogens is 274 g/mol. The molecule has 5 heteroatoms. The molecule has 0 aliphatic carbocycles. The maximum Gasteiger partial charge on any atom is 0.327 e. The summed E-state index contributed by atoms with van der Waals surface area (Å²) in [5, 5.41) is 3.32. The van der Waals surface area contributed by atoms with Crippen molar-refractivity contribution < 1.29 is 14.3 Å². The fourth-order valence-corrected chi connectivity index (χ4v) is 3.50. The van der Waals surface area contributed by atoms with Gasteiger partial charge < -0.3 is 9.47 Å². The molecule has 0 saturated carbocycles. The van der Waals surface area contributed by atoms with Crippen molar-refractivity contribution in [2.24, 2.45) is 0 Å². The third kappa shape index (κ3) is 3.81. The van der Waals surface area contributed by atoms with Gasteiger partial charge in [0.15, 0.2) is 0 Å². The van der Waals surface area contributed by atoms with Crippen LogP contribution >= 0.6 is 11.3 Å². The molecule has 0 amide bonds. The zero-order valence-electron chi connectivity index (χ0n) is 12.4. The summed E-state index contributed by atoms with van der Waals surface area (Å²) in [7, 11) is 0. The lowest BCUT2D eigenvalue weighted by molar-refractivity contribution is -0.146. The number of carbonyl (C=O) groups excluding carboxylic acids is 1. The summed E-state index contributed by atoms with van der Waals surface area (Å²) in [6.07, 6.45) is 2.38. The van der Waals surface area contributed by atoms with E-state index in [0.717, 1.165) is 25.0 Å². The van der Waals surface area contributed by atoms with Crippen molar-refractivity contribution in [2.75, 3.05) is 19.8 Å². The Morgan fingerprint density at radius 2 is 2.40 bits per heavy atom. The molecule has 1 aliphatic heterocycles. The van der Waals surface area contributed by atoms with Crippen molar-refractivity contribution >= 4 is 17.3 Å². The number of aryl methyl sites for hydroxylation is 2. The van der Waals surface area contributed by atoms with Crippen LogP contribution in [0.3, 0.4) is 0 Å². The van der Waals surface area contributed by atoms with E-state index in [9.17, 15) is 4.79 Å². The number of thiophene rings is 1. The first-order chi connectivity index (χ1) is 9.61. The lowest BCUT2D eigenvalue weighted by Crippen LogP contribution is -2.35. The quantitative estimate of drug-likeness (QED) is 0.820. The van der Waals surface area contributed by atoms with Crippen molar-refractivity contribution in [1.82, 2.24) is 5.32 Å². The molecule has 2 heterocycles. The van der Waals surface area contributed by atoms with E-state index in [1.54, 1.807) is 11.3 Å². The number of ether oxygens (including phenoxy) is 2. The van der Waals surface area contributed by atoms with Crippen LogP contribution in [-0.4, -0.2) is 31.8 Å². The van der Waals surface area contributed by atoms with Gasteiger partial charge in [-0.05, 0) is 45.2 Å². The Labute approximate surface area is 124 Å². The first-order valence-electron chi connectivity index (χ1n) is 7.20. The Morgan fingerprint density at radius 3 is 2.95 bits per heavy atom. The molecule has 0 spiro atoms. The van der Waals surface area contributed by atoms with Gasteiger partial charge in [0.1, 0.15) is 6.04 Å². The second-order valence-corrected chi connectivity index (χ2v) is 6.56. The van der Waals surface area contributed by atoms with Gasteiger partial charge in [0.05, 0.1) is 12.7 Å². The second-order valence-electron chi connectivity index (χ2n) is 5.10. The molecule has 2 rings (SSSR count). The van der Waals surface area contributed by atoms with Crippen LogP contribution in [0.2, 0.25) is 0 Å². The summed E-state index contributed by atoms with van der Waals surface area (Å²) in [4.78, 5) is 14.6. The molecule has 1 fully saturated rings. The van der Waals surface area contributed by atoms with Gasteiger partial charge in [0.25, 0.3) is 0 Å². The fraction of sp³-hybridized carbons (Fsp3) is 0.667. The van der Waals surface area contributed by atoms with Crippen LogP contribution in [0.1, 0.15) is 41.1 Å². The molecule has 0 bridgehead atoms. The molecule has 2 atom stereocenters. The highest BCUT2D eigenvalue weighted by Gasteiger charge is 2.26. The van der Waals surface area contributed by atoms with Gasteiger partial charge in [-0.1, -0.05) is 0 Å². The summed E-state index contributed by atoms with van der Waals surface area (Å²) in [5.74, 6) is -0.202. The van der Waals surface area contributed by atoms with Crippen LogP contribution in [0.25, 0.3) is 0 Å². The molecule has 1 aromatic rings. The van der Waals surface area contributed by atoms with E-state index in [0.29, 0.717) is 13.2 Å². The summed E-state index contributed by atoms with van der Waals surface area (Å²) in [6.45, 7) is 7.86. The number of hydrogen-bond donors (Lipinski definition) is 1. The van der Waals surface area contributed by atoms with Gasteiger partial charge in [0.2, 0.25) is 0 Å². The third-order valence-corrected chi connectivity index (χ3v) is 4.47. The standard InChI is InChI=1S/C15H23NO3S/c1-4-18-15(17)14(13-8-10(2)20-11(13)3)16-9-12-6-5-7-19-12/h8,12,14,16H,4-7,9H2,1-3H3. The zero-order valence-corrected chi connectivity index (χ0v) is 13.2. The summed E-state index contributed by atoms with van der Waals surface area (Å²) >= 11 is 1.71. The second kappa shape index (κ2) is 7.20. The normalized spacial score (nSPS) is 20.1. The molecule has 2 unspecified atom stereocenters. The highest BCUT2D eigenvalue weighted by Crippen LogP contribution is 2.27. The van der Waals surface area contributed by atoms with Crippen LogP contribution in [-0.2, 0) is 14.3 Å². The summed E-state index contributed by atoms with van der Waals surface area (Å²) < 4.78 is 10.8. The Hall–Kier alpha value is -0.910. The van der Waals surface area contributed by atoms with Crippen LogP contribution < -0.4 is 5.32 Å². The number of esters is 1. The van der Waals surface area contributed by atoms with E-state index in [1.165, 1.54) is 9.75 Å². The summed E-state index contributed by atoms with van der Waals surface area (Å²) in [5.41, 5.74) is 1.03. The van der Waals surface area contributed by atoms with E-state index >= 15 is 0 Å². The Kier molecular flexibility index (Phi) is 5.57. The van der Waals surface area contributed by atoms with E-state index in [1.807, 2.05) is 13.8 Å². The molecule has 1 aromatic heterocycles. The first-order valence-corrected chi connectivity index (χ1v) is 8.02. The maximum atomic E-state index is 12.2. The van der Waals surface area contributed by atoms with Crippen LogP contribution in [0.15, 0.2) is 6.07 Å². The van der Waals surface area contributed by atoms with Crippen molar-refractivity contribution in [1.29, 1.82) is 0 Å². The molecule has 112 valence electrons. The Morgan fingerprint density at radius 1 is 1.60 bits per heavy atom. The topological polar surface area (TPSA) is 47.6 Å². The maximum absolute atomic E-state index is 12.2. The van der Waals surface area contributed by atoms with Crippen molar-refractivity contribution in [3.05, 3.63) is 21.4 Å². The average Bonchev–Trinajstić information content (AvgIpc) is 3.01. The predicted octanol–water partition coefficient (Wildman–Crippen LogP) is 2.74. The van der Waals surface area contributed by atoms with Gasteiger partial charge in [-0.25, -0.2) is 4.79 Å². The minimum Gasteiger partial charge on any atom is -0.465 e. The highest BCUT2D eigenvalue weighted by atomic mass is 32.1. The van der Waals surface area contributed by atoms with Crippen molar-refractivity contribution in [3.8, 4) is 0 Å². The minimum atomic E-state index is -0.385. The number of hydrogen-bond acceptors (Lipinski definition) is 5. The zero-order chi connectivity index (χ0) is 14.5. The minimum absolute atomic E-state index is 0.202. The molecule has 4 nitrogen and oxygen atoms in total. The Bertz CT molecular complexity index is 452. The van der Waals surface area contributed by atoms with Crippen molar-refractivity contribution in [2.45, 2.75) is 45.8 Å². The summed E-state index contributed by atoms with van der Waals surface area (Å²) in [6, 6.07) is 1.69. The lowest BCUT2D eigenvalue weighted by Gasteiger charge is -2.19.